The van der Waals surface area contributed by atoms with Gasteiger partial charge in [-0.1, -0.05) is 35.9 Å². The molecule has 144 valence electrons. The zero-order chi connectivity index (χ0) is 19.5. The first-order valence-corrected chi connectivity index (χ1v) is 9.31. The second kappa shape index (κ2) is 7.82. The van der Waals surface area contributed by atoms with E-state index in [0.717, 1.165) is 17.0 Å². The van der Waals surface area contributed by atoms with E-state index >= 15 is 0 Å². The van der Waals surface area contributed by atoms with Gasteiger partial charge in [0.2, 0.25) is 5.91 Å². The van der Waals surface area contributed by atoms with E-state index in [4.69, 9.17) is 9.72 Å². The first-order valence-electron chi connectivity index (χ1n) is 9.31. The predicted octanol–water partition coefficient (Wildman–Crippen LogP) is 2.22. The molecule has 0 saturated carbocycles. The van der Waals surface area contributed by atoms with Crippen LogP contribution in [-0.2, 0) is 11.4 Å². The number of rotatable bonds is 5. The molecular weight excluding hydrogens is 354 g/mol. The van der Waals surface area contributed by atoms with Crippen molar-refractivity contribution in [1.82, 2.24) is 25.4 Å². The summed E-state index contributed by atoms with van der Waals surface area (Å²) in [6, 6.07) is 15.5. The summed E-state index contributed by atoms with van der Waals surface area (Å²) >= 11 is 0. The van der Waals surface area contributed by atoms with Gasteiger partial charge in [0.1, 0.15) is 18.4 Å². The average molecular weight is 377 g/mol. The number of para-hydroxylation sites is 1. The zero-order valence-electron chi connectivity index (χ0n) is 16.0. The van der Waals surface area contributed by atoms with Gasteiger partial charge in [0.25, 0.3) is 0 Å². The molecule has 28 heavy (non-hydrogen) atoms. The molecule has 1 aromatic heterocycles. The van der Waals surface area contributed by atoms with Crippen molar-refractivity contribution in [2.75, 3.05) is 13.1 Å². The third-order valence-electron chi connectivity index (χ3n) is 4.65. The molecule has 4 rings (SSSR count). The third-order valence-corrected chi connectivity index (χ3v) is 4.65. The van der Waals surface area contributed by atoms with Crippen LogP contribution in [-0.4, -0.2) is 33.8 Å². The van der Waals surface area contributed by atoms with Crippen molar-refractivity contribution >= 4 is 5.91 Å². The van der Waals surface area contributed by atoms with Crippen LogP contribution in [0.3, 0.4) is 0 Å². The van der Waals surface area contributed by atoms with Crippen LogP contribution in [0.2, 0.25) is 0 Å². The Bertz CT molecular complexity index is 984. The maximum absolute atomic E-state index is 11.9. The van der Waals surface area contributed by atoms with E-state index in [9.17, 15) is 4.79 Å². The van der Waals surface area contributed by atoms with Crippen LogP contribution in [0.25, 0.3) is 5.69 Å². The number of nitrogens with zero attached hydrogens (tertiary/aromatic N) is 3. The molecule has 2 heterocycles. The molecular formula is C21H23N5O2. The minimum atomic E-state index is -0.250. The van der Waals surface area contributed by atoms with Gasteiger partial charge in [-0.3, -0.25) is 4.79 Å². The van der Waals surface area contributed by atoms with Gasteiger partial charge in [-0.25, -0.2) is 9.67 Å². The van der Waals surface area contributed by atoms with Crippen molar-refractivity contribution in [3.8, 4) is 11.4 Å². The van der Waals surface area contributed by atoms with Gasteiger partial charge in [-0.15, -0.1) is 5.10 Å². The van der Waals surface area contributed by atoms with Crippen LogP contribution in [0.4, 0.5) is 0 Å². The second-order valence-corrected chi connectivity index (χ2v) is 6.94. The molecule has 7 nitrogen and oxygen atoms in total. The molecule has 0 unspecified atom stereocenters. The Labute approximate surface area is 163 Å². The maximum Gasteiger partial charge on any atom is 0.234 e. The van der Waals surface area contributed by atoms with E-state index in [1.54, 1.807) is 0 Å². The molecule has 0 bridgehead atoms. The summed E-state index contributed by atoms with van der Waals surface area (Å²) in [7, 11) is 0. The summed E-state index contributed by atoms with van der Waals surface area (Å²) in [5.74, 6) is 1.98. The number of hydrogen-bond donors (Lipinski definition) is 2. The third kappa shape index (κ3) is 3.89. The number of aryl methyl sites for hydroxylation is 2. The normalized spacial score (nSPS) is 16.6. The van der Waals surface area contributed by atoms with Crippen LogP contribution >= 0.6 is 0 Å². The molecule has 1 aliphatic rings. The number of benzene rings is 2. The lowest BCUT2D eigenvalue weighted by Crippen LogP contribution is -2.47. The lowest BCUT2D eigenvalue weighted by molar-refractivity contribution is -0.122. The molecule has 1 atom stereocenters. The molecule has 1 aliphatic heterocycles. The van der Waals surface area contributed by atoms with Crippen molar-refractivity contribution < 1.29 is 9.53 Å². The van der Waals surface area contributed by atoms with E-state index < -0.39 is 0 Å². The summed E-state index contributed by atoms with van der Waals surface area (Å²) < 4.78 is 7.63. The van der Waals surface area contributed by atoms with E-state index in [0.29, 0.717) is 24.7 Å². The van der Waals surface area contributed by atoms with Crippen molar-refractivity contribution in [3.05, 3.63) is 71.3 Å². The van der Waals surface area contributed by atoms with E-state index in [2.05, 4.69) is 28.7 Å². The number of carbonyl (C=O) groups excluding carboxylic acids is 1. The zero-order valence-corrected chi connectivity index (χ0v) is 16.0. The highest BCUT2D eigenvalue weighted by atomic mass is 16.5. The Morgan fingerprint density at radius 2 is 2.00 bits per heavy atom. The Morgan fingerprint density at radius 1 is 1.18 bits per heavy atom. The van der Waals surface area contributed by atoms with Gasteiger partial charge in [-0.05, 0) is 37.6 Å². The lowest BCUT2D eigenvalue weighted by Gasteiger charge is -2.24. The van der Waals surface area contributed by atoms with Gasteiger partial charge >= 0.3 is 0 Å². The molecule has 0 radical (unpaired) electrons. The number of amides is 1. The number of piperazine rings is 1. The standard InChI is InChI=1S/C21H23N5O2/c1-14-8-9-18(15(2)10-14)26-21(17-11-22-12-20(27)23-17)24-19(25-26)13-28-16-6-4-3-5-7-16/h3-10,17,22H,11-13H2,1-2H3,(H,23,27)/t17-/m1/s1. The van der Waals surface area contributed by atoms with Gasteiger partial charge in [0.15, 0.2) is 11.6 Å². The van der Waals surface area contributed by atoms with E-state index in [-0.39, 0.29) is 18.6 Å². The number of hydrogen-bond acceptors (Lipinski definition) is 5. The maximum atomic E-state index is 11.9. The van der Waals surface area contributed by atoms with Crippen LogP contribution in [0, 0.1) is 13.8 Å². The molecule has 2 aromatic carbocycles. The van der Waals surface area contributed by atoms with Crippen molar-refractivity contribution in [2.45, 2.75) is 26.5 Å². The summed E-state index contributed by atoms with van der Waals surface area (Å²) in [4.78, 5) is 16.6. The fourth-order valence-corrected chi connectivity index (χ4v) is 3.32. The molecule has 0 aliphatic carbocycles. The molecule has 0 spiro atoms. The summed E-state index contributed by atoms with van der Waals surface area (Å²) in [5, 5.41) is 10.8. The summed E-state index contributed by atoms with van der Waals surface area (Å²) in [6.07, 6.45) is 0. The van der Waals surface area contributed by atoms with Crippen LogP contribution < -0.4 is 15.4 Å². The molecule has 7 heteroatoms. The largest absolute Gasteiger partial charge is 0.486 e. The Kier molecular flexibility index (Phi) is 5.08. The monoisotopic (exact) mass is 377 g/mol. The minimum absolute atomic E-state index is 0.0477. The van der Waals surface area contributed by atoms with Gasteiger partial charge in [-0.2, -0.15) is 0 Å². The second-order valence-electron chi connectivity index (χ2n) is 6.94. The predicted molar refractivity (Wildman–Crippen MR) is 105 cm³/mol. The van der Waals surface area contributed by atoms with Crippen LogP contribution in [0.5, 0.6) is 5.75 Å². The highest BCUT2D eigenvalue weighted by Gasteiger charge is 2.26. The van der Waals surface area contributed by atoms with Crippen LogP contribution in [0.15, 0.2) is 48.5 Å². The fraction of sp³-hybridized carbons (Fsp3) is 0.286. The first-order chi connectivity index (χ1) is 13.6. The fourth-order valence-electron chi connectivity index (χ4n) is 3.32. The number of carbonyl (C=O) groups is 1. The molecule has 2 N–H and O–H groups in total. The van der Waals surface area contributed by atoms with Gasteiger partial charge < -0.3 is 15.4 Å². The molecule has 3 aromatic rings. The van der Waals surface area contributed by atoms with E-state index in [1.807, 2.05) is 54.1 Å². The van der Waals surface area contributed by atoms with Crippen molar-refractivity contribution in [1.29, 1.82) is 0 Å². The minimum Gasteiger partial charge on any atom is -0.486 e. The van der Waals surface area contributed by atoms with Gasteiger partial charge in [0.05, 0.1) is 12.2 Å². The Morgan fingerprint density at radius 3 is 2.75 bits per heavy atom. The quantitative estimate of drug-likeness (QED) is 0.713. The molecule has 1 amide bonds. The SMILES string of the molecule is Cc1ccc(-n2nc(COc3ccccc3)nc2[C@H]2CNCC(=O)N2)c(C)c1. The number of aromatic nitrogens is 3. The topological polar surface area (TPSA) is 81.1 Å². The smallest absolute Gasteiger partial charge is 0.234 e. The van der Waals surface area contributed by atoms with E-state index in [1.165, 1.54) is 5.56 Å². The Balaban J connectivity index is 1.68. The Hall–Kier alpha value is -3.19. The number of nitrogens with one attached hydrogen (secondary N) is 2. The average Bonchev–Trinajstić information content (AvgIpc) is 3.11. The highest BCUT2D eigenvalue weighted by molar-refractivity contribution is 5.79. The molecule has 1 fully saturated rings. The van der Waals surface area contributed by atoms with Crippen molar-refractivity contribution in [2.24, 2.45) is 0 Å². The summed E-state index contributed by atoms with van der Waals surface area (Å²) in [5.41, 5.74) is 3.22. The first kappa shape index (κ1) is 18.2. The highest BCUT2D eigenvalue weighted by Crippen LogP contribution is 2.22. The van der Waals surface area contributed by atoms with Gasteiger partial charge in [0, 0.05) is 6.54 Å². The van der Waals surface area contributed by atoms with Crippen molar-refractivity contribution in [3.63, 3.8) is 0 Å². The lowest BCUT2D eigenvalue weighted by atomic mass is 10.1. The molecule has 1 saturated heterocycles. The summed E-state index contributed by atoms with van der Waals surface area (Å²) in [6.45, 7) is 5.28. The van der Waals surface area contributed by atoms with Crippen LogP contribution in [0.1, 0.15) is 28.8 Å². The number of ether oxygens (including phenoxy) is 1.